The number of hydrogen-bond acceptors (Lipinski definition) is 5. The summed E-state index contributed by atoms with van der Waals surface area (Å²) in [5.74, 6) is 1.44. The van der Waals surface area contributed by atoms with Crippen LogP contribution in [0.2, 0.25) is 0 Å². The zero-order valence-electron chi connectivity index (χ0n) is 12.7. The summed E-state index contributed by atoms with van der Waals surface area (Å²) in [4.78, 5) is 11.3. The number of ether oxygens (including phenoxy) is 1. The minimum atomic E-state index is -0.499. The maximum atomic E-state index is 11.1. The lowest BCUT2D eigenvalue weighted by molar-refractivity contribution is -0.384. The number of anilines is 1. The van der Waals surface area contributed by atoms with Crippen molar-refractivity contribution in [3.63, 3.8) is 0 Å². The Morgan fingerprint density at radius 2 is 1.91 bits per heavy atom. The SMILES string of the molecule is CSc1cc(N)c([N+](=O)[O-])cc1Oc1ccccc1C(C)C. The van der Waals surface area contributed by atoms with Gasteiger partial charge in [0.05, 0.1) is 15.9 Å². The van der Waals surface area contributed by atoms with E-state index in [0.29, 0.717) is 11.5 Å². The van der Waals surface area contributed by atoms with E-state index in [2.05, 4.69) is 13.8 Å². The highest BCUT2D eigenvalue weighted by Crippen LogP contribution is 2.39. The van der Waals surface area contributed by atoms with Gasteiger partial charge in [-0.25, -0.2) is 0 Å². The summed E-state index contributed by atoms with van der Waals surface area (Å²) in [5.41, 5.74) is 6.77. The van der Waals surface area contributed by atoms with E-state index in [1.807, 2.05) is 30.5 Å². The second kappa shape index (κ2) is 6.70. The van der Waals surface area contributed by atoms with Gasteiger partial charge in [-0.15, -0.1) is 11.8 Å². The van der Waals surface area contributed by atoms with Gasteiger partial charge in [-0.3, -0.25) is 10.1 Å². The summed E-state index contributed by atoms with van der Waals surface area (Å²) in [6.45, 7) is 4.15. The van der Waals surface area contributed by atoms with Crippen LogP contribution in [0.5, 0.6) is 11.5 Å². The summed E-state index contributed by atoms with van der Waals surface area (Å²) < 4.78 is 5.96. The average molecular weight is 318 g/mol. The molecule has 0 spiro atoms. The molecule has 0 aliphatic rings. The topological polar surface area (TPSA) is 78.4 Å². The van der Waals surface area contributed by atoms with E-state index >= 15 is 0 Å². The van der Waals surface area contributed by atoms with Gasteiger partial charge in [0, 0.05) is 0 Å². The van der Waals surface area contributed by atoms with Crippen LogP contribution in [0, 0.1) is 10.1 Å². The van der Waals surface area contributed by atoms with Gasteiger partial charge in [0.2, 0.25) is 0 Å². The first-order valence-corrected chi connectivity index (χ1v) is 8.05. The second-order valence-corrected chi connectivity index (χ2v) is 5.96. The van der Waals surface area contributed by atoms with Gasteiger partial charge in [0.15, 0.2) is 0 Å². The molecule has 22 heavy (non-hydrogen) atoms. The monoisotopic (exact) mass is 318 g/mol. The smallest absolute Gasteiger partial charge is 0.295 e. The van der Waals surface area contributed by atoms with Crippen molar-refractivity contribution in [3.8, 4) is 11.5 Å². The third-order valence-corrected chi connectivity index (χ3v) is 4.03. The van der Waals surface area contributed by atoms with Gasteiger partial charge in [-0.2, -0.15) is 0 Å². The fourth-order valence-corrected chi connectivity index (χ4v) is 2.68. The molecule has 2 rings (SSSR count). The molecule has 5 nitrogen and oxygen atoms in total. The van der Waals surface area contributed by atoms with Crippen molar-refractivity contribution in [2.24, 2.45) is 0 Å². The van der Waals surface area contributed by atoms with Crippen molar-refractivity contribution in [1.82, 2.24) is 0 Å². The number of benzene rings is 2. The van der Waals surface area contributed by atoms with Crippen LogP contribution >= 0.6 is 11.8 Å². The molecule has 0 fully saturated rings. The second-order valence-electron chi connectivity index (χ2n) is 5.11. The van der Waals surface area contributed by atoms with Crippen molar-refractivity contribution in [2.75, 3.05) is 12.0 Å². The van der Waals surface area contributed by atoms with Gasteiger partial charge in [-0.05, 0) is 29.9 Å². The molecule has 0 bridgehead atoms. The minimum Gasteiger partial charge on any atom is -0.456 e. The Kier molecular flexibility index (Phi) is 4.92. The molecule has 116 valence electrons. The van der Waals surface area contributed by atoms with Crippen LogP contribution in [0.1, 0.15) is 25.3 Å². The van der Waals surface area contributed by atoms with Crippen molar-refractivity contribution in [2.45, 2.75) is 24.7 Å². The average Bonchev–Trinajstić information content (AvgIpc) is 2.48. The predicted octanol–water partition coefficient (Wildman–Crippen LogP) is 4.81. The van der Waals surface area contributed by atoms with Gasteiger partial charge in [-0.1, -0.05) is 32.0 Å². The maximum Gasteiger partial charge on any atom is 0.295 e. The van der Waals surface area contributed by atoms with Crippen molar-refractivity contribution in [3.05, 3.63) is 52.1 Å². The lowest BCUT2D eigenvalue weighted by Gasteiger charge is -2.15. The van der Waals surface area contributed by atoms with Crippen molar-refractivity contribution in [1.29, 1.82) is 0 Å². The summed E-state index contributed by atoms with van der Waals surface area (Å²) in [6.07, 6.45) is 1.88. The van der Waals surface area contributed by atoms with E-state index in [1.54, 1.807) is 6.07 Å². The van der Waals surface area contributed by atoms with Crippen LogP contribution in [0.4, 0.5) is 11.4 Å². The minimum absolute atomic E-state index is 0.138. The summed E-state index contributed by atoms with van der Waals surface area (Å²) >= 11 is 1.44. The highest BCUT2D eigenvalue weighted by atomic mass is 32.2. The molecule has 2 aromatic rings. The number of rotatable bonds is 5. The molecule has 2 N–H and O–H groups in total. The van der Waals surface area contributed by atoms with Gasteiger partial charge >= 0.3 is 0 Å². The molecule has 0 amide bonds. The third kappa shape index (κ3) is 3.33. The molecule has 0 unspecified atom stereocenters. The Labute approximate surface area is 133 Å². The molecule has 6 heteroatoms. The van der Waals surface area contributed by atoms with E-state index in [9.17, 15) is 10.1 Å². The number of nitrogens with zero attached hydrogens (tertiary/aromatic N) is 1. The lowest BCUT2D eigenvalue weighted by atomic mass is 10.0. The van der Waals surface area contributed by atoms with E-state index in [1.165, 1.54) is 17.8 Å². The van der Waals surface area contributed by atoms with Crippen LogP contribution in [-0.2, 0) is 0 Å². The molecule has 0 heterocycles. The highest BCUT2D eigenvalue weighted by Gasteiger charge is 2.18. The molecular formula is C16H18N2O3S. The molecule has 0 atom stereocenters. The Balaban J connectivity index is 2.49. The Hall–Kier alpha value is -2.21. The first-order valence-electron chi connectivity index (χ1n) is 6.82. The summed E-state index contributed by atoms with van der Waals surface area (Å²) in [6, 6.07) is 10.6. The summed E-state index contributed by atoms with van der Waals surface area (Å²) in [7, 11) is 0. The number of nitro groups is 1. The maximum absolute atomic E-state index is 11.1. The highest BCUT2D eigenvalue weighted by molar-refractivity contribution is 7.98. The van der Waals surface area contributed by atoms with E-state index in [-0.39, 0.29) is 17.3 Å². The third-order valence-electron chi connectivity index (χ3n) is 3.27. The first-order chi connectivity index (χ1) is 10.4. The van der Waals surface area contributed by atoms with Crippen LogP contribution in [-0.4, -0.2) is 11.2 Å². The standard InChI is InChI=1S/C16H18N2O3S/c1-10(2)11-6-4-5-7-14(11)21-15-9-13(18(19)20)12(17)8-16(15)22-3/h4-10H,17H2,1-3H3. The molecule has 0 radical (unpaired) electrons. The molecule has 0 aliphatic carbocycles. The van der Waals surface area contributed by atoms with Crippen molar-refractivity contribution >= 4 is 23.1 Å². The van der Waals surface area contributed by atoms with Crippen LogP contribution in [0.3, 0.4) is 0 Å². The predicted molar refractivity (Wildman–Crippen MR) is 89.9 cm³/mol. The number of thioether (sulfide) groups is 1. The van der Waals surface area contributed by atoms with E-state index in [4.69, 9.17) is 10.5 Å². The number of hydrogen-bond donors (Lipinski definition) is 1. The van der Waals surface area contributed by atoms with Crippen LogP contribution in [0.25, 0.3) is 0 Å². The van der Waals surface area contributed by atoms with E-state index in [0.717, 1.165) is 10.5 Å². The van der Waals surface area contributed by atoms with Gasteiger partial charge < -0.3 is 10.5 Å². The molecule has 2 aromatic carbocycles. The number of nitrogens with two attached hydrogens (primary N) is 1. The number of para-hydroxylation sites is 1. The number of nitrogen functional groups attached to an aromatic ring is 1. The molecule has 0 saturated heterocycles. The molecule has 0 aromatic heterocycles. The number of nitro benzene ring substituents is 1. The van der Waals surface area contributed by atoms with E-state index < -0.39 is 4.92 Å². The zero-order valence-corrected chi connectivity index (χ0v) is 13.5. The van der Waals surface area contributed by atoms with Crippen molar-refractivity contribution < 1.29 is 9.66 Å². The Bertz CT molecular complexity index is 702. The molecule has 0 aliphatic heterocycles. The zero-order chi connectivity index (χ0) is 16.3. The summed E-state index contributed by atoms with van der Waals surface area (Å²) in [5, 5.41) is 11.1. The fraction of sp³-hybridized carbons (Fsp3) is 0.250. The van der Waals surface area contributed by atoms with Crippen LogP contribution < -0.4 is 10.5 Å². The lowest BCUT2D eigenvalue weighted by Crippen LogP contribution is -1.99. The normalized spacial score (nSPS) is 10.7. The molecule has 0 saturated carbocycles. The molecular weight excluding hydrogens is 300 g/mol. The van der Waals surface area contributed by atoms with Gasteiger partial charge in [0.1, 0.15) is 17.2 Å². The first kappa shape index (κ1) is 16.2. The van der Waals surface area contributed by atoms with Crippen LogP contribution in [0.15, 0.2) is 41.3 Å². The van der Waals surface area contributed by atoms with Gasteiger partial charge in [0.25, 0.3) is 5.69 Å². The quantitative estimate of drug-likeness (QED) is 0.370. The fourth-order valence-electron chi connectivity index (χ4n) is 2.13. The Morgan fingerprint density at radius 1 is 1.23 bits per heavy atom. The largest absolute Gasteiger partial charge is 0.456 e. The Morgan fingerprint density at radius 3 is 2.50 bits per heavy atom.